The molecule has 1 aromatic carbocycles. The Morgan fingerprint density at radius 1 is 1.27 bits per heavy atom. The molecule has 0 saturated heterocycles. The van der Waals surface area contributed by atoms with Crippen molar-refractivity contribution in [1.82, 2.24) is 14.9 Å². The molecule has 0 fully saturated rings. The number of hydrogen-bond acceptors (Lipinski definition) is 7. The van der Waals surface area contributed by atoms with Crippen LogP contribution in [-0.4, -0.2) is 56.7 Å². The first-order valence-electron chi connectivity index (χ1n) is 10.1. The lowest BCUT2D eigenvalue weighted by Gasteiger charge is -2.23. The third kappa shape index (κ3) is 4.53. The van der Waals surface area contributed by atoms with Gasteiger partial charge in [0.05, 0.1) is 18.3 Å². The topological polar surface area (TPSA) is 155 Å². The van der Waals surface area contributed by atoms with E-state index in [4.69, 9.17) is 14.6 Å². The smallest absolute Gasteiger partial charge is 0.274 e. The van der Waals surface area contributed by atoms with Crippen molar-refractivity contribution >= 4 is 38.6 Å². The number of nitrogens with one attached hydrogen (secondary N) is 2. The molecule has 0 aliphatic carbocycles. The molecule has 0 bridgehead atoms. The lowest BCUT2D eigenvalue weighted by molar-refractivity contribution is 0.0918. The molecule has 33 heavy (non-hydrogen) atoms. The number of anilines is 1. The Kier molecular flexibility index (Phi) is 6.06. The van der Waals surface area contributed by atoms with Crippen LogP contribution in [0.5, 0.6) is 5.75 Å². The van der Waals surface area contributed by atoms with Gasteiger partial charge < -0.3 is 24.7 Å². The Morgan fingerprint density at radius 3 is 2.79 bits per heavy atom. The van der Waals surface area contributed by atoms with Gasteiger partial charge >= 0.3 is 0 Å². The van der Waals surface area contributed by atoms with Gasteiger partial charge in [-0.05, 0) is 37.3 Å². The van der Waals surface area contributed by atoms with E-state index in [1.807, 2.05) is 6.92 Å². The average molecular weight is 474 g/mol. The number of nitrogens with zero attached hydrogens (tertiary/aromatic N) is 2. The van der Waals surface area contributed by atoms with Crippen molar-refractivity contribution in [3.05, 3.63) is 47.8 Å². The molecule has 0 unspecified atom stereocenters. The summed E-state index contributed by atoms with van der Waals surface area (Å²) in [6.45, 7) is 2.92. The molecule has 1 aliphatic heterocycles. The van der Waals surface area contributed by atoms with E-state index in [-0.39, 0.29) is 40.6 Å². The number of nitrogens with two attached hydrogens (primary N) is 1. The summed E-state index contributed by atoms with van der Waals surface area (Å²) >= 11 is 0. The highest BCUT2D eigenvalue weighted by Gasteiger charge is 2.26. The van der Waals surface area contributed by atoms with Gasteiger partial charge in [-0.1, -0.05) is 0 Å². The van der Waals surface area contributed by atoms with Gasteiger partial charge in [-0.25, -0.2) is 18.5 Å². The molecule has 3 aromatic rings. The molecular weight excluding hydrogens is 450 g/mol. The van der Waals surface area contributed by atoms with Crippen LogP contribution in [0.2, 0.25) is 0 Å². The SMILES string of the molecule is COCCOc1ccc(NC(=O)c2ccc3cc4n(c3n2)[C@H](C)CNC4=O)c(S(N)(=O)=O)c1. The van der Waals surface area contributed by atoms with Gasteiger partial charge in [0.2, 0.25) is 10.0 Å². The maximum Gasteiger partial charge on any atom is 0.274 e. The van der Waals surface area contributed by atoms with Crippen molar-refractivity contribution < 1.29 is 27.5 Å². The molecule has 2 aromatic heterocycles. The largest absolute Gasteiger partial charge is 0.491 e. The zero-order valence-corrected chi connectivity index (χ0v) is 18.8. The summed E-state index contributed by atoms with van der Waals surface area (Å²) in [4.78, 5) is 29.2. The number of primary sulfonamides is 1. The zero-order chi connectivity index (χ0) is 23.8. The summed E-state index contributed by atoms with van der Waals surface area (Å²) in [5.41, 5.74) is 1.01. The molecule has 4 rings (SSSR count). The van der Waals surface area contributed by atoms with Crippen molar-refractivity contribution in [3.8, 4) is 5.75 Å². The molecular formula is C21H23N5O6S. The fraction of sp³-hybridized carbons (Fsp3) is 0.286. The van der Waals surface area contributed by atoms with Gasteiger partial charge in [0.1, 0.15) is 34.3 Å². The van der Waals surface area contributed by atoms with Gasteiger partial charge in [-0.2, -0.15) is 0 Å². The van der Waals surface area contributed by atoms with Crippen molar-refractivity contribution in [1.29, 1.82) is 0 Å². The highest BCUT2D eigenvalue weighted by molar-refractivity contribution is 7.89. The second kappa shape index (κ2) is 8.81. The van der Waals surface area contributed by atoms with Gasteiger partial charge in [0.25, 0.3) is 11.8 Å². The predicted octanol–water partition coefficient (Wildman–Crippen LogP) is 1.27. The number of ether oxygens (including phenoxy) is 2. The second-order valence-electron chi connectivity index (χ2n) is 7.57. The molecule has 0 radical (unpaired) electrons. The van der Waals surface area contributed by atoms with Gasteiger partial charge in [0, 0.05) is 25.1 Å². The Balaban J connectivity index is 1.65. The van der Waals surface area contributed by atoms with Crippen LogP contribution in [0.15, 0.2) is 41.3 Å². The number of aromatic nitrogens is 2. The fourth-order valence-corrected chi connectivity index (χ4v) is 4.33. The average Bonchev–Trinajstić information content (AvgIpc) is 3.17. The Bertz CT molecular complexity index is 1350. The van der Waals surface area contributed by atoms with Crippen LogP contribution in [0.4, 0.5) is 5.69 Å². The minimum Gasteiger partial charge on any atom is -0.491 e. The van der Waals surface area contributed by atoms with Crippen LogP contribution in [0.1, 0.15) is 33.9 Å². The van der Waals surface area contributed by atoms with E-state index < -0.39 is 15.9 Å². The molecule has 0 spiro atoms. The zero-order valence-electron chi connectivity index (χ0n) is 18.0. The van der Waals surface area contributed by atoms with Gasteiger partial charge in [0.15, 0.2) is 0 Å². The van der Waals surface area contributed by atoms with Crippen LogP contribution < -0.4 is 20.5 Å². The second-order valence-corrected chi connectivity index (χ2v) is 9.10. The number of carbonyl (C=O) groups excluding carboxylic acids is 2. The normalized spacial score (nSPS) is 15.7. The summed E-state index contributed by atoms with van der Waals surface area (Å²) in [5.74, 6) is -0.568. The molecule has 174 valence electrons. The maximum absolute atomic E-state index is 12.9. The first-order chi connectivity index (χ1) is 15.7. The van der Waals surface area contributed by atoms with Crippen LogP contribution in [-0.2, 0) is 14.8 Å². The molecule has 11 nitrogen and oxygen atoms in total. The number of methoxy groups -OCH3 is 1. The summed E-state index contributed by atoms with van der Waals surface area (Å²) in [6, 6.07) is 9.02. The van der Waals surface area contributed by atoms with Crippen molar-refractivity contribution in [2.75, 3.05) is 32.2 Å². The quantitative estimate of drug-likeness (QED) is 0.436. The molecule has 2 amide bonds. The Labute approximate surface area is 189 Å². The van der Waals surface area contributed by atoms with E-state index in [0.29, 0.717) is 29.9 Å². The van der Waals surface area contributed by atoms with Crippen LogP contribution in [0, 0.1) is 0 Å². The van der Waals surface area contributed by atoms with Crippen LogP contribution in [0.25, 0.3) is 11.0 Å². The van der Waals surface area contributed by atoms with E-state index in [1.165, 1.54) is 31.4 Å². The summed E-state index contributed by atoms with van der Waals surface area (Å²) in [5, 5.41) is 11.4. The predicted molar refractivity (Wildman–Crippen MR) is 120 cm³/mol. The van der Waals surface area contributed by atoms with E-state index in [2.05, 4.69) is 15.6 Å². The Hall–Kier alpha value is -3.48. The van der Waals surface area contributed by atoms with Crippen molar-refractivity contribution in [3.63, 3.8) is 0 Å². The van der Waals surface area contributed by atoms with Crippen molar-refractivity contribution in [2.24, 2.45) is 5.14 Å². The number of benzene rings is 1. The monoisotopic (exact) mass is 473 g/mol. The first-order valence-corrected chi connectivity index (χ1v) is 11.6. The van der Waals surface area contributed by atoms with E-state index >= 15 is 0 Å². The van der Waals surface area contributed by atoms with E-state index in [0.717, 1.165) is 0 Å². The molecule has 1 atom stereocenters. The fourth-order valence-electron chi connectivity index (χ4n) is 3.63. The number of carbonyl (C=O) groups is 2. The summed E-state index contributed by atoms with van der Waals surface area (Å²) < 4.78 is 36.3. The van der Waals surface area contributed by atoms with Gasteiger partial charge in [-0.15, -0.1) is 0 Å². The third-order valence-corrected chi connectivity index (χ3v) is 6.16. The maximum atomic E-state index is 12.9. The Morgan fingerprint density at radius 2 is 2.06 bits per heavy atom. The summed E-state index contributed by atoms with van der Waals surface area (Å²) in [7, 11) is -2.64. The number of amides is 2. The van der Waals surface area contributed by atoms with E-state index in [1.54, 1.807) is 16.7 Å². The summed E-state index contributed by atoms with van der Waals surface area (Å²) in [6.07, 6.45) is 0. The molecule has 12 heteroatoms. The number of rotatable bonds is 7. The highest BCUT2D eigenvalue weighted by atomic mass is 32.2. The number of fused-ring (bicyclic) bond motifs is 3. The van der Waals surface area contributed by atoms with Crippen molar-refractivity contribution in [2.45, 2.75) is 17.9 Å². The van der Waals surface area contributed by atoms with Gasteiger partial charge in [-0.3, -0.25) is 9.59 Å². The highest BCUT2D eigenvalue weighted by Crippen LogP contribution is 2.28. The number of sulfonamides is 1. The van der Waals surface area contributed by atoms with E-state index in [9.17, 15) is 18.0 Å². The molecule has 3 heterocycles. The first kappa shape index (κ1) is 22.7. The standard InChI is InChI=1S/C21H23N5O6S/c1-12-11-23-21(28)17-9-13-3-5-16(24-19(13)26(12)17)20(27)25-15-6-4-14(32-8-7-31-2)10-18(15)33(22,29)30/h3-6,9-10,12H,7-8,11H2,1-2H3,(H,23,28)(H,25,27)(H2,22,29,30)/t12-/m1/s1. The lowest BCUT2D eigenvalue weighted by atomic mass is 10.2. The van der Waals surface area contributed by atoms with Crippen LogP contribution in [0.3, 0.4) is 0 Å². The molecule has 4 N–H and O–H groups in total. The molecule has 0 saturated carbocycles. The minimum absolute atomic E-state index is 0.00609. The lowest BCUT2D eigenvalue weighted by Crippen LogP contribution is -2.37. The molecule has 1 aliphatic rings. The third-order valence-electron chi connectivity index (χ3n) is 5.21. The number of pyridine rings is 1. The number of hydrogen-bond donors (Lipinski definition) is 3. The van der Waals surface area contributed by atoms with Crippen LogP contribution >= 0.6 is 0 Å². The minimum atomic E-state index is -4.16.